The second kappa shape index (κ2) is 6.64. The lowest BCUT2D eigenvalue weighted by Gasteiger charge is -2.23. The van der Waals surface area contributed by atoms with Crippen molar-refractivity contribution >= 4 is 10.9 Å². The van der Waals surface area contributed by atoms with Gasteiger partial charge >= 0.3 is 0 Å². The number of aromatic nitrogens is 1. The van der Waals surface area contributed by atoms with Crippen molar-refractivity contribution in [1.82, 2.24) is 15.2 Å². The molecule has 0 bridgehead atoms. The maximum absolute atomic E-state index is 4.56. The molecule has 1 N–H and O–H groups in total. The molecule has 19 heavy (non-hydrogen) atoms. The number of rotatable bonds is 6. The van der Waals surface area contributed by atoms with E-state index in [1.165, 1.54) is 10.9 Å². The summed E-state index contributed by atoms with van der Waals surface area (Å²) in [6.45, 7) is 4.21. The fraction of sp³-hybridized carbons (Fsp3) is 0.438. The number of hydrogen-bond donors (Lipinski definition) is 1. The van der Waals surface area contributed by atoms with Gasteiger partial charge in [0.1, 0.15) is 0 Å². The van der Waals surface area contributed by atoms with Gasteiger partial charge in [-0.1, -0.05) is 31.2 Å². The van der Waals surface area contributed by atoms with Crippen molar-refractivity contribution in [3.63, 3.8) is 0 Å². The fourth-order valence-electron chi connectivity index (χ4n) is 2.37. The first kappa shape index (κ1) is 14.0. The third kappa shape index (κ3) is 3.52. The summed E-state index contributed by atoms with van der Waals surface area (Å²) in [5.41, 5.74) is 2.40. The third-order valence-corrected chi connectivity index (χ3v) is 3.23. The summed E-state index contributed by atoms with van der Waals surface area (Å²) in [6, 6.07) is 10.9. The van der Waals surface area contributed by atoms with Crippen molar-refractivity contribution in [2.45, 2.75) is 19.4 Å². The lowest BCUT2D eigenvalue weighted by atomic mass is 10.0. The van der Waals surface area contributed by atoms with E-state index in [4.69, 9.17) is 0 Å². The van der Waals surface area contributed by atoms with E-state index in [-0.39, 0.29) is 0 Å². The van der Waals surface area contributed by atoms with Crippen molar-refractivity contribution in [2.24, 2.45) is 0 Å². The Morgan fingerprint density at radius 2 is 2.00 bits per heavy atom. The molecule has 2 aromatic rings. The molecule has 1 unspecified atom stereocenters. The van der Waals surface area contributed by atoms with Crippen molar-refractivity contribution in [2.75, 3.05) is 27.2 Å². The predicted molar refractivity (Wildman–Crippen MR) is 81.3 cm³/mol. The van der Waals surface area contributed by atoms with Gasteiger partial charge in [0.25, 0.3) is 0 Å². The zero-order valence-electron chi connectivity index (χ0n) is 12.1. The van der Waals surface area contributed by atoms with Gasteiger partial charge in [-0.25, -0.2) is 0 Å². The van der Waals surface area contributed by atoms with E-state index in [1.807, 2.05) is 12.3 Å². The van der Waals surface area contributed by atoms with Crippen molar-refractivity contribution in [1.29, 1.82) is 0 Å². The molecule has 102 valence electrons. The molecular weight excluding hydrogens is 234 g/mol. The maximum atomic E-state index is 4.56. The molecule has 0 saturated carbocycles. The highest BCUT2D eigenvalue weighted by Crippen LogP contribution is 2.22. The molecule has 0 radical (unpaired) electrons. The maximum Gasteiger partial charge on any atom is 0.0750 e. The molecule has 0 spiro atoms. The van der Waals surface area contributed by atoms with Gasteiger partial charge in [0.2, 0.25) is 0 Å². The van der Waals surface area contributed by atoms with E-state index in [0.29, 0.717) is 6.04 Å². The number of para-hydroxylation sites is 1. The summed E-state index contributed by atoms with van der Waals surface area (Å²) in [7, 11) is 4.22. The van der Waals surface area contributed by atoms with Crippen LogP contribution in [0.15, 0.2) is 36.5 Å². The lowest BCUT2D eigenvalue weighted by Crippen LogP contribution is -2.31. The molecule has 0 aliphatic heterocycles. The zero-order chi connectivity index (χ0) is 13.7. The standard InChI is InChI=1S/C16H23N3/c1-4-10-17-15(12-19(2)3)14-9-5-7-13-8-6-11-18-16(13)14/h5-9,11,15,17H,4,10,12H2,1-3H3. The van der Waals surface area contributed by atoms with E-state index in [0.717, 1.165) is 25.0 Å². The minimum absolute atomic E-state index is 0.327. The molecule has 0 saturated heterocycles. The Hall–Kier alpha value is -1.45. The number of fused-ring (bicyclic) bond motifs is 1. The predicted octanol–water partition coefficient (Wildman–Crippen LogP) is 2.84. The van der Waals surface area contributed by atoms with Crippen LogP contribution >= 0.6 is 0 Å². The molecule has 2 rings (SSSR count). The van der Waals surface area contributed by atoms with Crippen LogP contribution in [0.4, 0.5) is 0 Å². The molecule has 3 heteroatoms. The molecule has 1 atom stereocenters. The van der Waals surface area contributed by atoms with Gasteiger partial charge in [0, 0.05) is 24.2 Å². The van der Waals surface area contributed by atoms with E-state index in [9.17, 15) is 0 Å². The zero-order valence-corrected chi connectivity index (χ0v) is 12.1. The summed E-state index contributed by atoms with van der Waals surface area (Å²) in [6.07, 6.45) is 3.01. The molecule has 0 amide bonds. The van der Waals surface area contributed by atoms with Crippen molar-refractivity contribution < 1.29 is 0 Å². The van der Waals surface area contributed by atoms with Gasteiger partial charge in [-0.3, -0.25) is 4.98 Å². The van der Waals surface area contributed by atoms with Crippen molar-refractivity contribution in [3.05, 3.63) is 42.1 Å². The highest BCUT2D eigenvalue weighted by molar-refractivity contribution is 5.82. The first-order chi connectivity index (χ1) is 9.22. The van der Waals surface area contributed by atoms with Gasteiger partial charge in [0.05, 0.1) is 5.52 Å². The Kier molecular flexibility index (Phi) is 4.88. The Morgan fingerprint density at radius 3 is 2.74 bits per heavy atom. The SMILES string of the molecule is CCCNC(CN(C)C)c1cccc2cccnc12. The van der Waals surface area contributed by atoms with Gasteiger partial charge in [-0.05, 0) is 38.7 Å². The van der Waals surface area contributed by atoms with Crippen LogP contribution in [0.1, 0.15) is 24.9 Å². The number of likely N-dealkylation sites (N-methyl/N-ethyl adjacent to an activating group) is 1. The molecule has 1 heterocycles. The van der Waals surface area contributed by atoms with Gasteiger partial charge in [-0.15, -0.1) is 0 Å². The number of nitrogens with zero attached hydrogens (tertiary/aromatic N) is 2. The minimum Gasteiger partial charge on any atom is -0.309 e. The molecular formula is C16H23N3. The van der Waals surface area contributed by atoms with Crippen LogP contribution in [0.25, 0.3) is 10.9 Å². The third-order valence-electron chi connectivity index (χ3n) is 3.23. The summed E-state index contributed by atoms with van der Waals surface area (Å²) in [4.78, 5) is 6.78. The second-order valence-electron chi connectivity index (χ2n) is 5.19. The average molecular weight is 257 g/mol. The molecule has 0 aliphatic rings. The number of nitrogens with one attached hydrogen (secondary N) is 1. The minimum atomic E-state index is 0.327. The van der Waals surface area contributed by atoms with Crippen LogP contribution in [-0.2, 0) is 0 Å². The first-order valence-corrected chi connectivity index (χ1v) is 6.94. The highest BCUT2D eigenvalue weighted by Gasteiger charge is 2.15. The molecule has 1 aromatic heterocycles. The van der Waals surface area contributed by atoms with Crippen LogP contribution in [0.2, 0.25) is 0 Å². The topological polar surface area (TPSA) is 28.2 Å². The number of hydrogen-bond acceptors (Lipinski definition) is 3. The Balaban J connectivity index is 2.37. The number of pyridine rings is 1. The summed E-state index contributed by atoms with van der Waals surface area (Å²) in [5.74, 6) is 0. The van der Waals surface area contributed by atoms with Crippen molar-refractivity contribution in [3.8, 4) is 0 Å². The molecule has 3 nitrogen and oxygen atoms in total. The first-order valence-electron chi connectivity index (χ1n) is 6.94. The summed E-state index contributed by atoms with van der Waals surface area (Å²) >= 11 is 0. The lowest BCUT2D eigenvalue weighted by molar-refractivity contribution is 0.343. The van der Waals surface area contributed by atoms with Crippen LogP contribution in [-0.4, -0.2) is 37.1 Å². The van der Waals surface area contributed by atoms with E-state index in [2.05, 4.69) is 60.5 Å². The normalized spacial score (nSPS) is 13.1. The van der Waals surface area contributed by atoms with Gasteiger partial charge < -0.3 is 10.2 Å². The monoisotopic (exact) mass is 257 g/mol. The average Bonchev–Trinajstić information content (AvgIpc) is 2.42. The van der Waals surface area contributed by atoms with Gasteiger partial charge in [0.15, 0.2) is 0 Å². The quantitative estimate of drug-likeness (QED) is 0.862. The largest absolute Gasteiger partial charge is 0.309 e. The fourth-order valence-corrected chi connectivity index (χ4v) is 2.37. The molecule has 1 aromatic carbocycles. The second-order valence-corrected chi connectivity index (χ2v) is 5.19. The summed E-state index contributed by atoms with van der Waals surface area (Å²) < 4.78 is 0. The van der Waals surface area contributed by atoms with Crippen LogP contribution in [0.5, 0.6) is 0 Å². The Labute approximate surface area is 115 Å². The van der Waals surface area contributed by atoms with Crippen LogP contribution in [0, 0.1) is 0 Å². The van der Waals surface area contributed by atoms with E-state index in [1.54, 1.807) is 0 Å². The van der Waals surface area contributed by atoms with E-state index >= 15 is 0 Å². The van der Waals surface area contributed by atoms with Gasteiger partial charge in [-0.2, -0.15) is 0 Å². The Bertz CT molecular complexity index is 517. The molecule has 0 aliphatic carbocycles. The van der Waals surface area contributed by atoms with Crippen LogP contribution < -0.4 is 5.32 Å². The smallest absolute Gasteiger partial charge is 0.0750 e. The summed E-state index contributed by atoms with van der Waals surface area (Å²) in [5, 5.41) is 4.84. The number of benzene rings is 1. The molecule has 0 fully saturated rings. The Morgan fingerprint density at radius 1 is 1.21 bits per heavy atom. The van der Waals surface area contributed by atoms with Crippen LogP contribution in [0.3, 0.4) is 0 Å². The highest BCUT2D eigenvalue weighted by atomic mass is 15.1. The van der Waals surface area contributed by atoms with E-state index < -0.39 is 0 Å².